The van der Waals surface area contributed by atoms with Crippen LogP contribution in [-0.2, 0) is 14.8 Å². The van der Waals surface area contributed by atoms with Crippen molar-refractivity contribution < 1.29 is 17.9 Å². The minimum atomic E-state index is -4.07. The van der Waals surface area contributed by atoms with Gasteiger partial charge in [0.2, 0.25) is 10.0 Å². The lowest BCUT2D eigenvalue weighted by atomic mass is 10.2. The highest BCUT2D eigenvalue weighted by atomic mass is 35.5. The summed E-state index contributed by atoms with van der Waals surface area (Å²) in [5.74, 6) is -0.662. The first-order valence-electron chi connectivity index (χ1n) is 5.96. The van der Waals surface area contributed by atoms with E-state index in [0.717, 1.165) is 25.3 Å². The standard InChI is InChI=1S/C12H15Cl2NO4S/c1-2-3-4-5-19-12(16)8-6-9(13)11(14)10(7-8)20(15,17)18/h6-7H,2-5H2,1H3,(H2,15,17,18). The zero-order valence-electron chi connectivity index (χ0n) is 10.9. The van der Waals surface area contributed by atoms with Gasteiger partial charge in [-0.25, -0.2) is 18.4 Å². The number of primary sulfonamides is 1. The maximum absolute atomic E-state index is 11.8. The fourth-order valence-electron chi connectivity index (χ4n) is 1.49. The van der Waals surface area contributed by atoms with Crippen molar-refractivity contribution in [2.45, 2.75) is 31.1 Å². The van der Waals surface area contributed by atoms with E-state index in [4.69, 9.17) is 33.1 Å². The molecule has 112 valence electrons. The first-order chi connectivity index (χ1) is 9.27. The summed E-state index contributed by atoms with van der Waals surface area (Å²) in [5.41, 5.74) is -0.0000709. The van der Waals surface area contributed by atoms with Crippen LogP contribution in [0, 0.1) is 0 Å². The third-order valence-electron chi connectivity index (χ3n) is 2.52. The van der Waals surface area contributed by atoms with E-state index in [-0.39, 0.29) is 22.2 Å². The topological polar surface area (TPSA) is 86.5 Å². The fraction of sp³-hybridized carbons (Fsp3) is 0.417. The second-order valence-corrected chi connectivity index (χ2v) is 6.47. The summed E-state index contributed by atoms with van der Waals surface area (Å²) in [5, 5.41) is 4.73. The Morgan fingerprint density at radius 2 is 1.95 bits per heavy atom. The Morgan fingerprint density at radius 1 is 1.30 bits per heavy atom. The molecule has 0 amide bonds. The van der Waals surface area contributed by atoms with Crippen LogP contribution in [0.25, 0.3) is 0 Å². The summed E-state index contributed by atoms with van der Waals surface area (Å²) in [6.45, 7) is 2.29. The van der Waals surface area contributed by atoms with Gasteiger partial charge in [-0.15, -0.1) is 0 Å². The molecule has 0 saturated carbocycles. The molecule has 0 fully saturated rings. The second kappa shape index (κ2) is 7.26. The van der Waals surface area contributed by atoms with Crippen molar-refractivity contribution in [3.63, 3.8) is 0 Å². The van der Waals surface area contributed by atoms with Crippen LogP contribution in [0.4, 0.5) is 0 Å². The van der Waals surface area contributed by atoms with Crippen molar-refractivity contribution in [2.75, 3.05) is 6.61 Å². The molecule has 0 bridgehead atoms. The highest BCUT2D eigenvalue weighted by molar-refractivity contribution is 7.89. The summed E-state index contributed by atoms with van der Waals surface area (Å²) < 4.78 is 27.7. The van der Waals surface area contributed by atoms with Crippen LogP contribution in [0.5, 0.6) is 0 Å². The third-order valence-corrected chi connectivity index (χ3v) is 4.37. The van der Waals surface area contributed by atoms with E-state index in [1.807, 2.05) is 6.92 Å². The first-order valence-corrected chi connectivity index (χ1v) is 8.26. The molecule has 0 heterocycles. The van der Waals surface area contributed by atoms with Gasteiger partial charge in [0.15, 0.2) is 0 Å². The smallest absolute Gasteiger partial charge is 0.338 e. The number of hydrogen-bond donors (Lipinski definition) is 1. The SMILES string of the molecule is CCCCCOC(=O)c1cc(Cl)c(Cl)c(S(N)(=O)=O)c1. The third kappa shape index (κ3) is 4.63. The zero-order valence-corrected chi connectivity index (χ0v) is 13.2. The first kappa shape index (κ1) is 17.2. The van der Waals surface area contributed by atoms with E-state index in [9.17, 15) is 13.2 Å². The van der Waals surface area contributed by atoms with Crippen molar-refractivity contribution in [1.29, 1.82) is 0 Å². The molecule has 1 rings (SSSR count). The summed E-state index contributed by atoms with van der Waals surface area (Å²) in [6.07, 6.45) is 2.68. The van der Waals surface area contributed by atoms with Crippen LogP contribution in [0.15, 0.2) is 17.0 Å². The summed E-state index contributed by atoms with van der Waals surface area (Å²) in [4.78, 5) is 11.4. The van der Waals surface area contributed by atoms with Crippen LogP contribution in [0.2, 0.25) is 10.0 Å². The Bertz CT molecular complexity index is 602. The molecule has 1 aromatic carbocycles. The van der Waals surface area contributed by atoms with Gasteiger partial charge in [0.25, 0.3) is 0 Å². The molecule has 0 aliphatic heterocycles. The lowest BCUT2D eigenvalue weighted by Crippen LogP contribution is -2.15. The quantitative estimate of drug-likeness (QED) is 0.637. The number of nitrogens with two attached hydrogens (primary N) is 1. The van der Waals surface area contributed by atoms with Crippen LogP contribution in [0.3, 0.4) is 0 Å². The average Bonchev–Trinajstić information content (AvgIpc) is 2.36. The molecule has 0 atom stereocenters. The molecule has 8 heteroatoms. The minimum absolute atomic E-state index is 0.0000709. The fourth-order valence-corrected chi connectivity index (χ4v) is 2.85. The van der Waals surface area contributed by atoms with Gasteiger partial charge in [0, 0.05) is 0 Å². The van der Waals surface area contributed by atoms with E-state index in [2.05, 4.69) is 0 Å². The number of ether oxygens (including phenoxy) is 1. The van der Waals surface area contributed by atoms with Gasteiger partial charge in [-0.3, -0.25) is 0 Å². The number of hydrogen-bond acceptors (Lipinski definition) is 4. The van der Waals surface area contributed by atoms with Crippen LogP contribution in [-0.4, -0.2) is 21.0 Å². The summed E-state index contributed by atoms with van der Waals surface area (Å²) in [7, 11) is -4.07. The molecule has 5 nitrogen and oxygen atoms in total. The monoisotopic (exact) mass is 339 g/mol. The van der Waals surface area contributed by atoms with E-state index < -0.39 is 20.9 Å². The van der Waals surface area contributed by atoms with Gasteiger partial charge in [-0.1, -0.05) is 43.0 Å². The number of sulfonamides is 1. The van der Waals surface area contributed by atoms with E-state index in [0.29, 0.717) is 0 Å². The average molecular weight is 340 g/mol. The summed E-state index contributed by atoms with van der Waals surface area (Å²) >= 11 is 11.6. The predicted octanol–water partition coefficient (Wildman–Crippen LogP) is 2.99. The number of benzene rings is 1. The van der Waals surface area contributed by atoms with Gasteiger partial charge in [0.1, 0.15) is 4.90 Å². The molecule has 20 heavy (non-hydrogen) atoms. The molecule has 0 unspecified atom stereocenters. The number of esters is 1. The second-order valence-electron chi connectivity index (χ2n) is 4.16. The lowest BCUT2D eigenvalue weighted by molar-refractivity contribution is 0.0498. The molecule has 0 aliphatic carbocycles. The molecule has 0 saturated heterocycles. The number of rotatable bonds is 6. The molecule has 0 radical (unpaired) electrons. The van der Waals surface area contributed by atoms with Gasteiger partial charge in [-0.05, 0) is 18.6 Å². The maximum atomic E-state index is 11.8. The lowest BCUT2D eigenvalue weighted by Gasteiger charge is -2.08. The maximum Gasteiger partial charge on any atom is 0.338 e. The molecule has 0 aliphatic rings. The molecule has 2 N–H and O–H groups in total. The minimum Gasteiger partial charge on any atom is -0.462 e. The predicted molar refractivity (Wildman–Crippen MR) is 77.6 cm³/mol. The van der Waals surface area contributed by atoms with E-state index in [1.165, 1.54) is 6.07 Å². The van der Waals surface area contributed by atoms with E-state index in [1.54, 1.807) is 0 Å². The molecule has 0 aromatic heterocycles. The van der Waals surface area contributed by atoms with Crippen LogP contribution >= 0.6 is 23.2 Å². The largest absolute Gasteiger partial charge is 0.462 e. The van der Waals surface area contributed by atoms with Crippen molar-refractivity contribution in [3.05, 3.63) is 27.7 Å². The summed E-state index contributed by atoms with van der Waals surface area (Å²) in [6, 6.07) is 2.31. The Kier molecular flexibility index (Phi) is 6.26. The highest BCUT2D eigenvalue weighted by Gasteiger charge is 2.20. The van der Waals surface area contributed by atoms with Crippen molar-refractivity contribution in [1.82, 2.24) is 0 Å². The van der Waals surface area contributed by atoms with Crippen molar-refractivity contribution in [2.24, 2.45) is 5.14 Å². The van der Waals surface area contributed by atoms with Crippen molar-refractivity contribution >= 4 is 39.2 Å². The Balaban J connectivity index is 2.97. The molecule has 0 spiro atoms. The number of carbonyl (C=O) groups excluding carboxylic acids is 1. The van der Waals surface area contributed by atoms with Crippen LogP contribution in [0.1, 0.15) is 36.5 Å². The number of carbonyl (C=O) groups is 1. The number of halogens is 2. The van der Waals surface area contributed by atoms with Crippen LogP contribution < -0.4 is 5.14 Å². The van der Waals surface area contributed by atoms with E-state index >= 15 is 0 Å². The molecular formula is C12H15Cl2NO4S. The molecule has 1 aromatic rings. The normalized spacial score (nSPS) is 11.4. The zero-order chi connectivity index (χ0) is 15.3. The Hall–Kier alpha value is -0.820. The van der Waals surface area contributed by atoms with Gasteiger partial charge >= 0.3 is 5.97 Å². The molecular weight excluding hydrogens is 325 g/mol. The van der Waals surface area contributed by atoms with Gasteiger partial charge < -0.3 is 4.74 Å². The van der Waals surface area contributed by atoms with Crippen molar-refractivity contribution in [3.8, 4) is 0 Å². The van der Waals surface area contributed by atoms with Gasteiger partial charge in [0.05, 0.1) is 22.2 Å². The van der Waals surface area contributed by atoms with Gasteiger partial charge in [-0.2, -0.15) is 0 Å². The Labute approximate surface area is 128 Å². The highest BCUT2D eigenvalue weighted by Crippen LogP contribution is 2.30. The number of unbranched alkanes of at least 4 members (excludes halogenated alkanes) is 2. The Morgan fingerprint density at radius 3 is 2.50 bits per heavy atom.